The molecular weight excluding hydrogens is 162 g/mol. The molecule has 0 heterocycles. The van der Waals surface area contributed by atoms with Gasteiger partial charge in [0.1, 0.15) is 0 Å². The van der Waals surface area contributed by atoms with Gasteiger partial charge in [0.15, 0.2) is 5.96 Å². The summed E-state index contributed by atoms with van der Waals surface area (Å²) in [6.45, 7) is 0. The van der Waals surface area contributed by atoms with Crippen molar-refractivity contribution in [2.45, 2.75) is 19.3 Å². The Labute approximate surface area is 69.3 Å². The molecule has 0 atom stereocenters. The van der Waals surface area contributed by atoms with Crippen LogP contribution in [0.15, 0.2) is 4.99 Å². The number of guanidine groups is 1. The second kappa shape index (κ2) is 5.11. The van der Waals surface area contributed by atoms with E-state index in [-0.39, 0.29) is 25.2 Å². The van der Waals surface area contributed by atoms with Crippen molar-refractivity contribution in [3.05, 3.63) is 0 Å². The summed E-state index contributed by atoms with van der Waals surface area (Å²) in [5.41, 5.74) is 9.83. The Bertz CT molecular complexity index is 208. The highest BCUT2D eigenvalue weighted by atomic mass is 16.4. The monoisotopic (exact) mass is 173 g/mol. The number of hydrogen-bond acceptors (Lipinski definition) is 2. The summed E-state index contributed by atoms with van der Waals surface area (Å²) >= 11 is 0. The van der Waals surface area contributed by atoms with Gasteiger partial charge in [-0.05, 0) is 6.42 Å². The van der Waals surface area contributed by atoms with Crippen molar-refractivity contribution in [1.29, 1.82) is 0 Å². The largest absolute Gasteiger partial charge is 0.481 e. The highest BCUT2D eigenvalue weighted by molar-refractivity contribution is 5.91. The standard InChI is InChI=1S/C6H11N3O3/c7-6(8)9-4(10)2-1-3-5(11)12/h1-3H2,(H,11,12)(H4,7,8,9,10). The fraction of sp³-hybridized carbons (Fsp3) is 0.500. The van der Waals surface area contributed by atoms with Crippen LogP contribution in [-0.2, 0) is 9.59 Å². The molecule has 0 aliphatic carbocycles. The summed E-state index contributed by atoms with van der Waals surface area (Å²) in [6.07, 6.45) is 0.265. The van der Waals surface area contributed by atoms with Gasteiger partial charge < -0.3 is 16.6 Å². The van der Waals surface area contributed by atoms with Gasteiger partial charge in [-0.2, -0.15) is 4.99 Å². The van der Waals surface area contributed by atoms with E-state index >= 15 is 0 Å². The smallest absolute Gasteiger partial charge is 0.303 e. The van der Waals surface area contributed by atoms with Crippen molar-refractivity contribution in [2.75, 3.05) is 0 Å². The molecule has 0 aromatic heterocycles. The summed E-state index contributed by atoms with van der Waals surface area (Å²) < 4.78 is 0. The maximum atomic E-state index is 10.7. The number of amides is 1. The normalized spacial score (nSPS) is 9.00. The molecule has 6 nitrogen and oxygen atoms in total. The molecule has 0 unspecified atom stereocenters. The lowest BCUT2D eigenvalue weighted by molar-refractivity contribution is -0.137. The lowest BCUT2D eigenvalue weighted by Gasteiger charge is -1.93. The van der Waals surface area contributed by atoms with E-state index in [1.54, 1.807) is 0 Å². The first kappa shape index (κ1) is 10.4. The number of nitrogens with two attached hydrogens (primary N) is 2. The molecule has 0 saturated carbocycles. The molecule has 0 aliphatic rings. The molecule has 0 spiro atoms. The predicted octanol–water partition coefficient (Wildman–Crippen LogP) is -0.959. The second-order valence-electron chi connectivity index (χ2n) is 2.18. The average molecular weight is 173 g/mol. The van der Waals surface area contributed by atoms with Gasteiger partial charge in [0.2, 0.25) is 5.91 Å². The zero-order valence-electron chi connectivity index (χ0n) is 6.49. The molecule has 0 rings (SSSR count). The molecule has 0 aromatic rings. The Hall–Kier alpha value is -1.59. The maximum Gasteiger partial charge on any atom is 0.303 e. The van der Waals surface area contributed by atoms with Gasteiger partial charge in [0.25, 0.3) is 0 Å². The lowest BCUT2D eigenvalue weighted by Crippen LogP contribution is -2.24. The molecule has 0 fully saturated rings. The number of carboxylic acids is 1. The molecule has 0 bridgehead atoms. The van der Waals surface area contributed by atoms with Crippen LogP contribution in [0.5, 0.6) is 0 Å². The van der Waals surface area contributed by atoms with Gasteiger partial charge in [-0.3, -0.25) is 9.59 Å². The predicted molar refractivity (Wildman–Crippen MR) is 42.3 cm³/mol. The number of rotatable bonds is 4. The van der Waals surface area contributed by atoms with E-state index < -0.39 is 11.9 Å². The summed E-state index contributed by atoms with van der Waals surface area (Å²) in [6, 6.07) is 0. The van der Waals surface area contributed by atoms with Crippen molar-refractivity contribution < 1.29 is 14.7 Å². The first-order valence-electron chi connectivity index (χ1n) is 3.36. The summed E-state index contributed by atoms with van der Waals surface area (Å²) in [5, 5.41) is 8.21. The zero-order valence-corrected chi connectivity index (χ0v) is 6.49. The van der Waals surface area contributed by atoms with Crippen LogP contribution in [0.2, 0.25) is 0 Å². The van der Waals surface area contributed by atoms with E-state index in [0.29, 0.717) is 0 Å². The van der Waals surface area contributed by atoms with E-state index in [9.17, 15) is 9.59 Å². The lowest BCUT2D eigenvalue weighted by atomic mass is 10.2. The third kappa shape index (κ3) is 6.53. The molecule has 0 saturated heterocycles. The molecule has 1 amide bonds. The number of aliphatic imine (C=N–C) groups is 1. The summed E-state index contributed by atoms with van der Waals surface area (Å²) in [5.74, 6) is -1.72. The second-order valence-corrected chi connectivity index (χ2v) is 2.18. The highest BCUT2D eigenvalue weighted by Crippen LogP contribution is 1.96. The van der Waals surface area contributed by atoms with Crippen LogP contribution in [0, 0.1) is 0 Å². The van der Waals surface area contributed by atoms with Gasteiger partial charge in [-0.1, -0.05) is 0 Å². The Balaban J connectivity index is 3.59. The minimum absolute atomic E-state index is 0.0499. The van der Waals surface area contributed by atoms with E-state index in [4.69, 9.17) is 16.6 Å². The van der Waals surface area contributed by atoms with Gasteiger partial charge in [0, 0.05) is 12.8 Å². The average Bonchev–Trinajstić information content (AvgIpc) is 1.84. The van der Waals surface area contributed by atoms with Crippen LogP contribution in [0.4, 0.5) is 0 Å². The highest BCUT2D eigenvalue weighted by Gasteiger charge is 2.02. The van der Waals surface area contributed by atoms with Gasteiger partial charge in [-0.25, -0.2) is 0 Å². The maximum absolute atomic E-state index is 10.7. The number of carbonyl (C=O) groups excluding carboxylic acids is 1. The summed E-state index contributed by atoms with van der Waals surface area (Å²) in [4.78, 5) is 23.9. The van der Waals surface area contributed by atoms with Crippen LogP contribution < -0.4 is 11.5 Å². The van der Waals surface area contributed by atoms with Crippen molar-refractivity contribution in [3.8, 4) is 0 Å². The van der Waals surface area contributed by atoms with E-state index in [1.165, 1.54) is 0 Å². The Morgan fingerprint density at radius 3 is 2.25 bits per heavy atom. The number of aliphatic carboxylic acids is 1. The molecule has 0 radical (unpaired) electrons. The van der Waals surface area contributed by atoms with Crippen molar-refractivity contribution in [2.24, 2.45) is 16.5 Å². The Morgan fingerprint density at radius 1 is 1.25 bits per heavy atom. The molecule has 5 N–H and O–H groups in total. The van der Waals surface area contributed by atoms with Crippen molar-refractivity contribution in [3.63, 3.8) is 0 Å². The number of hydrogen-bond donors (Lipinski definition) is 3. The van der Waals surface area contributed by atoms with Gasteiger partial charge >= 0.3 is 5.97 Å². The topological polar surface area (TPSA) is 119 Å². The number of carboxylic acid groups (broad SMARTS) is 1. The quantitative estimate of drug-likeness (QED) is 0.373. The SMILES string of the molecule is NC(N)=NC(=O)CCCC(=O)O. The van der Waals surface area contributed by atoms with Crippen LogP contribution >= 0.6 is 0 Å². The Kier molecular flexibility index (Phi) is 4.43. The Morgan fingerprint density at radius 2 is 1.83 bits per heavy atom. The van der Waals surface area contributed by atoms with Crippen LogP contribution in [0.3, 0.4) is 0 Å². The molecule has 0 aliphatic heterocycles. The number of carbonyl (C=O) groups is 2. The van der Waals surface area contributed by atoms with E-state index in [0.717, 1.165) is 0 Å². The molecule has 6 heteroatoms. The first-order chi connectivity index (χ1) is 5.52. The minimum atomic E-state index is -0.937. The fourth-order valence-corrected chi connectivity index (χ4v) is 0.591. The van der Waals surface area contributed by atoms with E-state index in [1.807, 2.05) is 0 Å². The fourth-order valence-electron chi connectivity index (χ4n) is 0.591. The van der Waals surface area contributed by atoms with Gasteiger partial charge in [0.05, 0.1) is 0 Å². The molecule has 12 heavy (non-hydrogen) atoms. The van der Waals surface area contributed by atoms with Crippen LogP contribution in [0.1, 0.15) is 19.3 Å². The third-order valence-corrected chi connectivity index (χ3v) is 1.04. The minimum Gasteiger partial charge on any atom is -0.481 e. The van der Waals surface area contributed by atoms with E-state index in [2.05, 4.69) is 4.99 Å². The zero-order chi connectivity index (χ0) is 9.56. The van der Waals surface area contributed by atoms with Gasteiger partial charge in [-0.15, -0.1) is 0 Å². The van der Waals surface area contributed by atoms with Crippen LogP contribution in [-0.4, -0.2) is 22.9 Å². The summed E-state index contributed by atoms with van der Waals surface area (Å²) in [7, 11) is 0. The molecular formula is C6H11N3O3. The third-order valence-electron chi connectivity index (χ3n) is 1.04. The first-order valence-corrected chi connectivity index (χ1v) is 3.36. The van der Waals surface area contributed by atoms with Crippen LogP contribution in [0.25, 0.3) is 0 Å². The van der Waals surface area contributed by atoms with Crippen molar-refractivity contribution >= 4 is 17.8 Å². The number of nitrogens with zero attached hydrogens (tertiary/aromatic N) is 1. The molecule has 0 aromatic carbocycles. The van der Waals surface area contributed by atoms with Crippen molar-refractivity contribution in [1.82, 2.24) is 0 Å². The molecule has 68 valence electrons.